The Balaban J connectivity index is 2.23. The maximum atomic E-state index is 12.5. The van der Waals surface area contributed by atoms with Crippen molar-refractivity contribution in [1.29, 1.82) is 0 Å². The van der Waals surface area contributed by atoms with Crippen LogP contribution in [0.15, 0.2) is 16.3 Å². The third kappa shape index (κ3) is 2.35. The molecule has 0 aliphatic heterocycles. The van der Waals surface area contributed by atoms with E-state index in [9.17, 15) is 8.42 Å². The Bertz CT molecular complexity index is 559. The lowest BCUT2D eigenvalue weighted by molar-refractivity contribution is 0.457. The lowest BCUT2D eigenvalue weighted by atomic mass is 10.0. The average molecular weight is 302 g/mol. The Morgan fingerprint density at radius 2 is 1.84 bits per heavy atom. The summed E-state index contributed by atoms with van der Waals surface area (Å²) in [7, 11) is -1.61. The number of thiophene rings is 1. The van der Waals surface area contributed by atoms with Gasteiger partial charge in [0.1, 0.15) is 0 Å². The van der Waals surface area contributed by atoms with Gasteiger partial charge in [-0.3, -0.25) is 0 Å². The van der Waals surface area contributed by atoms with Gasteiger partial charge in [-0.05, 0) is 29.3 Å². The van der Waals surface area contributed by atoms with Gasteiger partial charge in [-0.1, -0.05) is 27.7 Å². The SMILES string of the molecule is CNCc1sccc1S(=O)(=O)NC1C(C)(C)C1(C)C. The van der Waals surface area contributed by atoms with Crippen molar-refractivity contribution in [3.05, 3.63) is 16.3 Å². The van der Waals surface area contributed by atoms with Gasteiger partial charge in [-0.2, -0.15) is 0 Å². The molecule has 0 bridgehead atoms. The molecule has 108 valence electrons. The van der Waals surface area contributed by atoms with Gasteiger partial charge in [0.15, 0.2) is 0 Å². The van der Waals surface area contributed by atoms with E-state index in [2.05, 4.69) is 37.7 Å². The third-order valence-electron chi connectivity index (χ3n) is 4.63. The summed E-state index contributed by atoms with van der Waals surface area (Å²) in [6.45, 7) is 8.97. The molecule has 1 fully saturated rings. The summed E-state index contributed by atoms with van der Waals surface area (Å²) in [6.07, 6.45) is 0. The van der Waals surface area contributed by atoms with Crippen LogP contribution in [0.4, 0.5) is 0 Å². The minimum Gasteiger partial charge on any atom is -0.315 e. The molecule has 2 N–H and O–H groups in total. The monoisotopic (exact) mass is 302 g/mol. The highest BCUT2D eigenvalue weighted by molar-refractivity contribution is 7.89. The topological polar surface area (TPSA) is 58.2 Å². The summed E-state index contributed by atoms with van der Waals surface area (Å²) < 4.78 is 27.8. The third-order valence-corrected chi connectivity index (χ3v) is 7.18. The standard InChI is InChI=1S/C13H22N2O2S2/c1-12(2)11(13(12,3)4)15-19(16,17)10-6-7-18-9(10)8-14-5/h6-7,11,14-15H,8H2,1-5H3. The number of hydrogen-bond donors (Lipinski definition) is 2. The second-order valence-corrected chi connectivity index (χ2v) is 8.92. The Morgan fingerprint density at radius 3 is 2.32 bits per heavy atom. The van der Waals surface area contributed by atoms with Crippen molar-refractivity contribution >= 4 is 21.4 Å². The Kier molecular flexibility index (Phi) is 3.58. The van der Waals surface area contributed by atoms with Gasteiger partial charge in [-0.25, -0.2) is 13.1 Å². The van der Waals surface area contributed by atoms with Crippen molar-refractivity contribution < 1.29 is 8.42 Å². The first kappa shape index (κ1) is 15.0. The molecule has 0 atom stereocenters. The predicted octanol–water partition coefficient (Wildman–Crippen LogP) is 2.18. The van der Waals surface area contributed by atoms with Gasteiger partial charge in [0.2, 0.25) is 10.0 Å². The molecule has 0 saturated heterocycles. The number of nitrogens with one attached hydrogen (secondary N) is 2. The highest BCUT2D eigenvalue weighted by Crippen LogP contribution is 2.63. The fourth-order valence-electron chi connectivity index (χ4n) is 2.57. The molecule has 4 nitrogen and oxygen atoms in total. The Morgan fingerprint density at radius 1 is 1.26 bits per heavy atom. The molecule has 1 aliphatic carbocycles. The minimum absolute atomic E-state index is 0.000733. The fourth-order valence-corrected chi connectivity index (χ4v) is 5.55. The zero-order chi connectivity index (χ0) is 14.5. The first-order chi connectivity index (χ1) is 8.64. The van der Waals surface area contributed by atoms with Crippen molar-refractivity contribution in [3.63, 3.8) is 0 Å². The lowest BCUT2D eigenvalue weighted by Crippen LogP contribution is -2.30. The molecule has 1 aromatic rings. The van der Waals surface area contributed by atoms with Crippen LogP contribution in [-0.4, -0.2) is 21.5 Å². The molecule has 0 amide bonds. The van der Waals surface area contributed by atoms with E-state index in [1.165, 1.54) is 11.3 Å². The van der Waals surface area contributed by atoms with Crippen LogP contribution in [0.3, 0.4) is 0 Å². The second-order valence-electron chi connectivity index (χ2n) is 6.24. The zero-order valence-electron chi connectivity index (χ0n) is 12.1. The molecular formula is C13H22N2O2S2. The summed E-state index contributed by atoms with van der Waals surface area (Å²) in [5.41, 5.74) is -0.00147. The summed E-state index contributed by atoms with van der Waals surface area (Å²) in [4.78, 5) is 1.26. The second kappa shape index (κ2) is 4.55. The van der Waals surface area contributed by atoms with Crippen LogP contribution in [0, 0.1) is 10.8 Å². The molecule has 0 radical (unpaired) electrons. The van der Waals surface area contributed by atoms with E-state index in [0.717, 1.165) is 4.88 Å². The van der Waals surface area contributed by atoms with Crippen LogP contribution in [-0.2, 0) is 16.6 Å². The highest BCUT2D eigenvalue weighted by Gasteiger charge is 2.66. The van der Waals surface area contributed by atoms with Gasteiger partial charge in [-0.15, -0.1) is 11.3 Å². The van der Waals surface area contributed by atoms with Crippen molar-refractivity contribution in [1.82, 2.24) is 10.0 Å². The molecule has 6 heteroatoms. The smallest absolute Gasteiger partial charge is 0.242 e. The van der Waals surface area contributed by atoms with Crippen molar-refractivity contribution in [3.8, 4) is 0 Å². The average Bonchev–Trinajstić information content (AvgIpc) is 2.71. The number of hydrogen-bond acceptors (Lipinski definition) is 4. The van der Waals surface area contributed by atoms with Crippen LogP contribution >= 0.6 is 11.3 Å². The summed E-state index contributed by atoms with van der Waals surface area (Å²) in [5, 5.41) is 4.83. The number of sulfonamides is 1. The van der Waals surface area contributed by atoms with E-state index in [0.29, 0.717) is 11.4 Å². The van der Waals surface area contributed by atoms with Gasteiger partial charge >= 0.3 is 0 Å². The summed E-state index contributed by atoms with van der Waals surface area (Å²) in [6, 6.07) is 1.68. The molecule has 1 heterocycles. The van der Waals surface area contributed by atoms with Gasteiger partial charge in [0.25, 0.3) is 0 Å². The zero-order valence-corrected chi connectivity index (χ0v) is 13.7. The predicted molar refractivity (Wildman–Crippen MR) is 78.8 cm³/mol. The van der Waals surface area contributed by atoms with Gasteiger partial charge in [0, 0.05) is 17.5 Å². The van der Waals surface area contributed by atoms with Crippen LogP contribution in [0.25, 0.3) is 0 Å². The first-order valence-electron chi connectivity index (χ1n) is 6.38. The molecule has 0 aromatic carbocycles. The molecule has 1 aromatic heterocycles. The van der Waals surface area contributed by atoms with Gasteiger partial charge < -0.3 is 5.32 Å². The highest BCUT2D eigenvalue weighted by atomic mass is 32.2. The molecule has 2 rings (SSSR count). The van der Waals surface area contributed by atoms with E-state index in [1.54, 1.807) is 6.07 Å². The van der Waals surface area contributed by atoms with E-state index in [1.807, 2.05) is 12.4 Å². The summed E-state index contributed by atoms with van der Waals surface area (Å²) in [5.74, 6) is 0. The molecular weight excluding hydrogens is 280 g/mol. The minimum atomic E-state index is -3.43. The van der Waals surface area contributed by atoms with Crippen LogP contribution in [0.2, 0.25) is 0 Å². The van der Waals surface area contributed by atoms with E-state index in [-0.39, 0.29) is 16.9 Å². The molecule has 0 unspecified atom stereocenters. The maximum Gasteiger partial charge on any atom is 0.242 e. The first-order valence-corrected chi connectivity index (χ1v) is 8.74. The molecule has 1 saturated carbocycles. The van der Waals surface area contributed by atoms with E-state index >= 15 is 0 Å². The van der Waals surface area contributed by atoms with E-state index < -0.39 is 10.0 Å². The number of rotatable bonds is 5. The summed E-state index contributed by atoms with van der Waals surface area (Å²) >= 11 is 1.47. The van der Waals surface area contributed by atoms with Crippen molar-refractivity contribution in [2.24, 2.45) is 10.8 Å². The quantitative estimate of drug-likeness (QED) is 0.876. The molecule has 1 aliphatic rings. The maximum absolute atomic E-state index is 12.5. The fraction of sp³-hybridized carbons (Fsp3) is 0.692. The Labute approximate surface area is 119 Å². The van der Waals surface area contributed by atoms with Gasteiger partial charge in [0.05, 0.1) is 4.90 Å². The van der Waals surface area contributed by atoms with Crippen molar-refractivity contribution in [2.75, 3.05) is 7.05 Å². The van der Waals surface area contributed by atoms with E-state index in [4.69, 9.17) is 0 Å². The molecule has 19 heavy (non-hydrogen) atoms. The van der Waals surface area contributed by atoms with Crippen LogP contribution < -0.4 is 10.0 Å². The Hall–Kier alpha value is -0.430. The normalized spacial score (nSPS) is 21.5. The molecule has 0 spiro atoms. The largest absolute Gasteiger partial charge is 0.315 e. The lowest BCUT2D eigenvalue weighted by Gasteiger charge is -2.09. The van der Waals surface area contributed by atoms with Crippen LogP contribution in [0.5, 0.6) is 0 Å². The van der Waals surface area contributed by atoms with Crippen molar-refractivity contribution in [2.45, 2.75) is 45.2 Å². The van der Waals surface area contributed by atoms with Crippen LogP contribution in [0.1, 0.15) is 32.6 Å².